The van der Waals surface area contributed by atoms with E-state index in [0.717, 1.165) is 0 Å². The van der Waals surface area contributed by atoms with E-state index in [2.05, 4.69) is 5.32 Å². The summed E-state index contributed by atoms with van der Waals surface area (Å²) in [7, 11) is 3.93. The molecule has 2 rings (SSSR count). The molecule has 0 heterocycles. The van der Waals surface area contributed by atoms with Crippen molar-refractivity contribution in [2.75, 3.05) is 26.6 Å². The van der Waals surface area contributed by atoms with Crippen LogP contribution in [0.5, 0.6) is 17.2 Å². The fraction of sp³-hybridized carbons (Fsp3) is 0.278. The molecule has 0 radical (unpaired) electrons. The molecule has 0 aliphatic carbocycles. The van der Waals surface area contributed by atoms with Gasteiger partial charge in [-0.25, -0.2) is 0 Å². The summed E-state index contributed by atoms with van der Waals surface area (Å²) in [6, 6.07) is 3.16. The van der Waals surface area contributed by atoms with E-state index in [-0.39, 0.29) is 29.0 Å². The molecule has 29 heavy (non-hydrogen) atoms. The zero-order valence-corrected chi connectivity index (χ0v) is 15.3. The number of hydrogen-bond donors (Lipinski definition) is 1. The van der Waals surface area contributed by atoms with Crippen LogP contribution in [0.15, 0.2) is 30.3 Å². The quantitative estimate of drug-likeness (QED) is 0.688. The number of hydrogen-bond acceptors (Lipinski definition) is 4. The van der Waals surface area contributed by atoms with E-state index in [9.17, 15) is 31.1 Å². The summed E-state index contributed by atoms with van der Waals surface area (Å²) in [6.45, 7) is 0. The van der Waals surface area contributed by atoms with Gasteiger partial charge in [-0.1, -0.05) is 0 Å². The van der Waals surface area contributed by atoms with Crippen molar-refractivity contribution in [3.8, 4) is 17.2 Å². The van der Waals surface area contributed by atoms with E-state index in [1.54, 1.807) is 0 Å². The second-order valence-electron chi connectivity index (χ2n) is 5.66. The highest BCUT2D eigenvalue weighted by atomic mass is 19.4. The Morgan fingerprint density at radius 2 is 1.21 bits per heavy atom. The van der Waals surface area contributed by atoms with Crippen molar-refractivity contribution in [2.45, 2.75) is 12.4 Å². The third-order valence-corrected chi connectivity index (χ3v) is 3.77. The molecule has 0 fully saturated rings. The SMILES string of the molecule is COc1cc(NC(=O)c2cc(C(F)(F)F)cc(C(F)(F)F)c2)cc(OC)c1OC. The monoisotopic (exact) mass is 423 g/mol. The maximum Gasteiger partial charge on any atom is 0.416 e. The maximum absolute atomic E-state index is 13.0. The Hall–Kier alpha value is -3.11. The number of rotatable bonds is 5. The first-order valence-corrected chi connectivity index (χ1v) is 7.81. The summed E-state index contributed by atoms with van der Waals surface area (Å²) in [5, 5.41) is 2.23. The lowest BCUT2D eigenvalue weighted by atomic mass is 10.0. The van der Waals surface area contributed by atoms with Crippen LogP contribution in [-0.2, 0) is 12.4 Å². The van der Waals surface area contributed by atoms with Crippen LogP contribution in [0.25, 0.3) is 0 Å². The summed E-state index contributed by atoms with van der Waals surface area (Å²) < 4.78 is 93.0. The second kappa shape index (κ2) is 8.10. The Bertz CT molecular complexity index is 851. The van der Waals surface area contributed by atoms with Crippen LogP contribution in [0.2, 0.25) is 0 Å². The lowest BCUT2D eigenvalue weighted by Gasteiger charge is -2.16. The predicted octanol–water partition coefficient (Wildman–Crippen LogP) is 5.00. The minimum atomic E-state index is -5.07. The number of alkyl halides is 6. The first-order valence-electron chi connectivity index (χ1n) is 7.81. The molecule has 2 aromatic carbocycles. The smallest absolute Gasteiger partial charge is 0.416 e. The lowest BCUT2D eigenvalue weighted by Crippen LogP contribution is -2.17. The Morgan fingerprint density at radius 3 is 1.55 bits per heavy atom. The van der Waals surface area contributed by atoms with Crippen LogP contribution in [0.4, 0.5) is 32.0 Å². The molecule has 0 aliphatic rings. The topological polar surface area (TPSA) is 56.8 Å². The van der Waals surface area contributed by atoms with Crippen molar-refractivity contribution < 1.29 is 45.3 Å². The molecule has 0 aromatic heterocycles. The number of methoxy groups -OCH3 is 3. The van der Waals surface area contributed by atoms with Gasteiger partial charge in [0, 0.05) is 23.4 Å². The van der Waals surface area contributed by atoms with Crippen molar-refractivity contribution in [1.82, 2.24) is 0 Å². The van der Waals surface area contributed by atoms with Crippen molar-refractivity contribution in [3.63, 3.8) is 0 Å². The van der Waals surface area contributed by atoms with Gasteiger partial charge in [0.2, 0.25) is 5.75 Å². The van der Waals surface area contributed by atoms with E-state index < -0.39 is 35.0 Å². The number of benzene rings is 2. The molecule has 2 aromatic rings. The largest absolute Gasteiger partial charge is 0.493 e. The van der Waals surface area contributed by atoms with E-state index in [1.807, 2.05) is 0 Å². The average Bonchev–Trinajstić information content (AvgIpc) is 2.65. The van der Waals surface area contributed by atoms with Gasteiger partial charge in [0.05, 0.1) is 32.5 Å². The van der Waals surface area contributed by atoms with Crippen LogP contribution >= 0.6 is 0 Å². The molecule has 0 unspecified atom stereocenters. The second-order valence-corrected chi connectivity index (χ2v) is 5.66. The maximum atomic E-state index is 13.0. The fourth-order valence-corrected chi connectivity index (χ4v) is 2.44. The minimum absolute atomic E-state index is 0.00969. The summed E-state index contributed by atoms with van der Waals surface area (Å²) in [5.41, 5.74) is -4.00. The van der Waals surface area contributed by atoms with E-state index in [4.69, 9.17) is 14.2 Å². The van der Waals surface area contributed by atoms with Gasteiger partial charge in [0.25, 0.3) is 5.91 Å². The average molecular weight is 423 g/mol. The normalized spacial score (nSPS) is 11.8. The third-order valence-electron chi connectivity index (χ3n) is 3.77. The Labute approximate surface area is 161 Å². The van der Waals surface area contributed by atoms with Gasteiger partial charge in [-0.2, -0.15) is 26.3 Å². The molecular weight excluding hydrogens is 408 g/mol. The van der Waals surface area contributed by atoms with Crippen molar-refractivity contribution in [3.05, 3.63) is 47.0 Å². The van der Waals surface area contributed by atoms with Crippen LogP contribution in [-0.4, -0.2) is 27.2 Å². The standard InChI is InChI=1S/C18H15F6NO4/c1-27-13-7-12(8-14(28-2)15(13)29-3)25-16(26)9-4-10(17(19,20)21)6-11(5-9)18(22,23)24/h4-8H,1-3H3,(H,25,26). The summed E-state index contributed by atoms with van der Waals surface area (Å²) in [6.07, 6.45) is -10.1. The molecule has 1 amide bonds. The van der Waals surface area contributed by atoms with Crippen LogP contribution < -0.4 is 19.5 Å². The fourth-order valence-electron chi connectivity index (χ4n) is 2.44. The van der Waals surface area contributed by atoms with E-state index in [1.165, 1.54) is 33.5 Å². The van der Waals surface area contributed by atoms with Gasteiger partial charge in [-0.15, -0.1) is 0 Å². The van der Waals surface area contributed by atoms with Gasteiger partial charge in [0.1, 0.15) is 0 Å². The minimum Gasteiger partial charge on any atom is -0.493 e. The zero-order valence-electron chi connectivity index (χ0n) is 15.3. The molecule has 158 valence electrons. The van der Waals surface area contributed by atoms with Gasteiger partial charge in [-0.3, -0.25) is 4.79 Å². The van der Waals surface area contributed by atoms with E-state index in [0.29, 0.717) is 12.1 Å². The summed E-state index contributed by atoms with van der Waals surface area (Å²) >= 11 is 0. The van der Waals surface area contributed by atoms with Crippen molar-refractivity contribution in [2.24, 2.45) is 0 Å². The van der Waals surface area contributed by atoms with Gasteiger partial charge in [0.15, 0.2) is 11.5 Å². The van der Waals surface area contributed by atoms with Crippen molar-refractivity contribution in [1.29, 1.82) is 0 Å². The molecule has 1 N–H and O–H groups in total. The molecule has 11 heteroatoms. The van der Waals surface area contributed by atoms with Crippen molar-refractivity contribution >= 4 is 11.6 Å². The van der Waals surface area contributed by atoms with Gasteiger partial charge < -0.3 is 19.5 Å². The molecular formula is C18H15F6NO4. The molecule has 0 saturated heterocycles. The first-order chi connectivity index (χ1) is 13.4. The molecule has 0 bridgehead atoms. The Morgan fingerprint density at radius 1 is 0.759 bits per heavy atom. The number of carbonyl (C=O) groups excluding carboxylic acids is 1. The molecule has 0 saturated carbocycles. The van der Waals surface area contributed by atoms with E-state index >= 15 is 0 Å². The van der Waals surface area contributed by atoms with Crippen LogP contribution in [0.1, 0.15) is 21.5 Å². The number of carbonyl (C=O) groups is 1. The zero-order chi connectivity index (χ0) is 22.0. The molecule has 0 atom stereocenters. The molecule has 0 aliphatic heterocycles. The summed E-state index contributed by atoms with van der Waals surface area (Å²) in [4.78, 5) is 12.4. The predicted molar refractivity (Wildman–Crippen MR) is 90.5 cm³/mol. The Kier molecular flexibility index (Phi) is 6.19. The summed E-state index contributed by atoms with van der Waals surface area (Å²) in [5.74, 6) is -0.744. The highest BCUT2D eigenvalue weighted by molar-refractivity contribution is 6.04. The van der Waals surface area contributed by atoms with Crippen LogP contribution in [0, 0.1) is 0 Å². The number of anilines is 1. The molecule has 5 nitrogen and oxygen atoms in total. The lowest BCUT2D eigenvalue weighted by molar-refractivity contribution is -0.143. The van der Waals surface area contributed by atoms with Crippen LogP contribution in [0.3, 0.4) is 0 Å². The van der Waals surface area contributed by atoms with Gasteiger partial charge >= 0.3 is 12.4 Å². The first kappa shape index (κ1) is 22.2. The number of halogens is 6. The third kappa shape index (κ3) is 5.04. The Balaban J connectivity index is 2.48. The highest BCUT2D eigenvalue weighted by Crippen LogP contribution is 2.40. The number of nitrogens with one attached hydrogen (secondary N) is 1. The molecule has 0 spiro atoms. The van der Waals surface area contributed by atoms with Gasteiger partial charge in [-0.05, 0) is 18.2 Å². The number of ether oxygens (including phenoxy) is 3. The highest BCUT2D eigenvalue weighted by Gasteiger charge is 2.37. The number of amides is 1.